The van der Waals surface area contributed by atoms with Crippen LogP contribution in [-0.2, 0) is 9.53 Å². The molecule has 2 aromatic carbocycles. The first-order valence-electron chi connectivity index (χ1n) is 6.54. The van der Waals surface area contributed by atoms with E-state index in [4.69, 9.17) is 10.00 Å². The third-order valence-electron chi connectivity index (χ3n) is 2.74. The fraction of sp³-hybridized carbons (Fsp3) is 0.118. The first-order valence-corrected chi connectivity index (χ1v) is 7.36. The number of esters is 1. The highest BCUT2D eigenvalue weighted by atomic mass is 32.2. The molecule has 2 rings (SSSR count). The molecule has 4 nitrogen and oxygen atoms in total. The Morgan fingerprint density at radius 2 is 1.73 bits per heavy atom. The monoisotopic (exact) mass is 311 g/mol. The van der Waals surface area contributed by atoms with E-state index in [0.29, 0.717) is 16.0 Å². The smallest absolute Gasteiger partial charge is 0.339 e. The summed E-state index contributed by atoms with van der Waals surface area (Å²) in [5.74, 6) is -0.763. The van der Waals surface area contributed by atoms with E-state index in [1.165, 1.54) is 18.7 Å². The number of nitrogens with zero attached hydrogens (tertiary/aromatic N) is 1. The van der Waals surface area contributed by atoms with Gasteiger partial charge < -0.3 is 4.74 Å². The van der Waals surface area contributed by atoms with Crippen molar-refractivity contribution >= 4 is 23.5 Å². The van der Waals surface area contributed by atoms with Gasteiger partial charge in [-0.25, -0.2) is 4.79 Å². The molecule has 0 radical (unpaired) electrons. The van der Waals surface area contributed by atoms with Crippen molar-refractivity contribution in [3.8, 4) is 6.07 Å². The Hall–Kier alpha value is -2.58. The Labute approximate surface area is 132 Å². The average molecular weight is 311 g/mol. The zero-order valence-corrected chi connectivity index (χ0v) is 12.7. The minimum absolute atomic E-state index is 0.215. The van der Waals surface area contributed by atoms with Gasteiger partial charge in [-0.05, 0) is 31.2 Å². The molecule has 0 aliphatic carbocycles. The predicted octanol–water partition coefficient (Wildman–Crippen LogP) is 3.46. The lowest BCUT2D eigenvalue weighted by Gasteiger charge is -2.09. The Balaban J connectivity index is 2.27. The number of rotatable bonds is 5. The summed E-state index contributed by atoms with van der Waals surface area (Å²) in [5.41, 5.74) is 0.917. The lowest BCUT2D eigenvalue weighted by molar-refractivity contribution is -0.120. The summed E-state index contributed by atoms with van der Waals surface area (Å²) >= 11 is 1.32. The number of Topliss-reactive ketones (excluding diaryl/α,β-unsaturated/α-hetero) is 1. The van der Waals surface area contributed by atoms with Gasteiger partial charge in [0.05, 0.1) is 11.1 Å². The van der Waals surface area contributed by atoms with Crippen LogP contribution in [0.5, 0.6) is 0 Å². The molecule has 110 valence electrons. The van der Waals surface area contributed by atoms with E-state index in [0.717, 1.165) is 4.90 Å². The third-order valence-corrected chi connectivity index (χ3v) is 3.89. The molecule has 0 fully saturated rings. The van der Waals surface area contributed by atoms with Crippen LogP contribution in [0, 0.1) is 11.3 Å². The van der Waals surface area contributed by atoms with Gasteiger partial charge in [-0.15, -0.1) is 0 Å². The summed E-state index contributed by atoms with van der Waals surface area (Å²) in [7, 11) is 0. The normalized spacial score (nSPS) is 9.82. The van der Waals surface area contributed by atoms with Crippen LogP contribution in [0.1, 0.15) is 22.8 Å². The highest BCUT2D eigenvalue weighted by molar-refractivity contribution is 7.99. The number of ether oxygens (including phenoxy) is 1. The molecule has 0 saturated carbocycles. The second kappa shape index (κ2) is 7.43. The van der Waals surface area contributed by atoms with Gasteiger partial charge in [-0.3, -0.25) is 4.79 Å². The van der Waals surface area contributed by atoms with Crippen molar-refractivity contribution in [1.29, 1.82) is 5.26 Å². The van der Waals surface area contributed by atoms with Crippen LogP contribution in [-0.4, -0.2) is 18.4 Å². The van der Waals surface area contributed by atoms with Gasteiger partial charge in [0.25, 0.3) is 0 Å². The van der Waals surface area contributed by atoms with E-state index >= 15 is 0 Å². The van der Waals surface area contributed by atoms with Gasteiger partial charge in [0.1, 0.15) is 12.7 Å². The number of carbonyl (C=O) groups excluding carboxylic acids is 2. The molecule has 0 saturated heterocycles. The van der Waals surface area contributed by atoms with Gasteiger partial charge in [-0.1, -0.05) is 36.0 Å². The van der Waals surface area contributed by atoms with E-state index in [2.05, 4.69) is 6.07 Å². The van der Waals surface area contributed by atoms with E-state index in [9.17, 15) is 9.59 Å². The van der Waals surface area contributed by atoms with Crippen molar-refractivity contribution in [3.63, 3.8) is 0 Å². The summed E-state index contributed by atoms with van der Waals surface area (Å²) in [6.07, 6.45) is 0. The molecular formula is C17H13NO3S. The molecule has 0 aliphatic rings. The summed E-state index contributed by atoms with van der Waals surface area (Å²) in [5, 5.41) is 9.13. The fourth-order valence-corrected chi connectivity index (χ4v) is 2.75. The number of hydrogen-bond donors (Lipinski definition) is 0. The topological polar surface area (TPSA) is 67.2 Å². The van der Waals surface area contributed by atoms with Crippen molar-refractivity contribution in [3.05, 3.63) is 59.7 Å². The molecule has 0 N–H and O–H groups in total. The van der Waals surface area contributed by atoms with Crippen molar-refractivity contribution < 1.29 is 14.3 Å². The number of benzene rings is 2. The van der Waals surface area contributed by atoms with E-state index in [1.54, 1.807) is 36.4 Å². The van der Waals surface area contributed by atoms with Crippen LogP contribution in [0.25, 0.3) is 0 Å². The van der Waals surface area contributed by atoms with Gasteiger partial charge in [0.2, 0.25) is 0 Å². The van der Waals surface area contributed by atoms with E-state index < -0.39 is 5.97 Å². The van der Waals surface area contributed by atoms with Gasteiger partial charge >= 0.3 is 5.97 Å². The predicted molar refractivity (Wildman–Crippen MR) is 82.7 cm³/mol. The Bertz CT molecular complexity index is 750. The Morgan fingerprint density at radius 1 is 1.09 bits per heavy atom. The fourth-order valence-electron chi connectivity index (χ4n) is 1.74. The average Bonchev–Trinajstić information content (AvgIpc) is 2.53. The molecule has 22 heavy (non-hydrogen) atoms. The quantitative estimate of drug-likeness (QED) is 0.791. The SMILES string of the molecule is CC(=O)COC(=O)c1ccccc1Sc1ccccc1C#N. The third kappa shape index (κ3) is 3.96. The number of hydrogen-bond acceptors (Lipinski definition) is 5. The molecule has 0 aromatic heterocycles. The minimum Gasteiger partial charge on any atom is -0.454 e. The number of carbonyl (C=O) groups is 2. The molecule has 0 unspecified atom stereocenters. The van der Waals surface area contributed by atoms with Crippen LogP contribution in [0.3, 0.4) is 0 Å². The molecule has 2 aromatic rings. The summed E-state index contributed by atoms with van der Waals surface area (Å²) in [4.78, 5) is 24.4. The highest BCUT2D eigenvalue weighted by Gasteiger charge is 2.15. The van der Waals surface area contributed by atoms with Crippen LogP contribution in [0.15, 0.2) is 58.3 Å². The van der Waals surface area contributed by atoms with Crippen molar-refractivity contribution in [2.24, 2.45) is 0 Å². The first kappa shape index (κ1) is 15.8. The van der Waals surface area contributed by atoms with Crippen LogP contribution in [0.2, 0.25) is 0 Å². The molecule has 5 heteroatoms. The number of nitriles is 1. The maximum atomic E-state index is 12.1. The summed E-state index contributed by atoms with van der Waals surface area (Å²) in [6.45, 7) is 1.11. The second-order valence-electron chi connectivity index (χ2n) is 4.48. The Morgan fingerprint density at radius 3 is 2.41 bits per heavy atom. The van der Waals surface area contributed by atoms with Crippen LogP contribution >= 0.6 is 11.8 Å². The van der Waals surface area contributed by atoms with E-state index in [-0.39, 0.29) is 12.4 Å². The molecule has 0 aliphatic heterocycles. The van der Waals surface area contributed by atoms with Crippen LogP contribution in [0.4, 0.5) is 0 Å². The summed E-state index contributed by atoms with van der Waals surface area (Å²) in [6, 6.07) is 16.2. The highest BCUT2D eigenvalue weighted by Crippen LogP contribution is 2.32. The molecular weight excluding hydrogens is 298 g/mol. The van der Waals surface area contributed by atoms with E-state index in [1.807, 2.05) is 12.1 Å². The lowest BCUT2D eigenvalue weighted by Crippen LogP contribution is -2.12. The number of ketones is 1. The standard InChI is InChI=1S/C17H13NO3S/c1-12(19)11-21-17(20)14-7-3-5-9-16(14)22-15-8-4-2-6-13(15)10-18/h2-9H,11H2,1H3. The van der Waals surface area contributed by atoms with Crippen LogP contribution < -0.4 is 0 Å². The molecule has 0 amide bonds. The summed E-state index contributed by atoms with van der Waals surface area (Å²) < 4.78 is 4.96. The minimum atomic E-state index is -0.548. The maximum absolute atomic E-state index is 12.1. The zero-order chi connectivity index (χ0) is 15.9. The molecule has 0 spiro atoms. The van der Waals surface area contributed by atoms with Gasteiger partial charge in [-0.2, -0.15) is 5.26 Å². The second-order valence-corrected chi connectivity index (χ2v) is 5.57. The van der Waals surface area contributed by atoms with Crippen molar-refractivity contribution in [1.82, 2.24) is 0 Å². The lowest BCUT2D eigenvalue weighted by atomic mass is 10.2. The largest absolute Gasteiger partial charge is 0.454 e. The van der Waals surface area contributed by atoms with Gasteiger partial charge in [0, 0.05) is 9.79 Å². The maximum Gasteiger partial charge on any atom is 0.339 e. The van der Waals surface area contributed by atoms with Crippen molar-refractivity contribution in [2.75, 3.05) is 6.61 Å². The Kier molecular flexibility index (Phi) is 5.34. The van der Waals surface area contributed by atoms with Gasteiger partial charge in [0.15, 0.2) is 5.78 Å². The van der Waals surface area contributed by atoms with Crippen molar-refractivity contribution in [2.45, 2.75) is 16.7 Å². The molecule has 0 heterocycles. The zero-order valence-electron chi connectivity index (χ0n) is 11.9. The molecule has 0 atom stereocenters. The molecule has 0 bridgehead atoms. The first-order chi connectivity index (χ1) is 10.6.